The van der Waals surface area contributed by atoms with Crippen molar-refractivity contribution in [3.63, 3.8) is 0 Å². The van der Waals surface area contributed by atoms with E-state index in [4.69, 9.17) is 0 Å². The van der Waals surface area contributed by atoms with Gasteiger partial charge in [0.25, 0.3) is 5.91 Å². The molecule has 2 aromatic rings. The van der Waals surface area contributed by atoms with Crippen LogP contribution in [0.15, 0.2) is 24.4 Å². The van der Waals surface area contributed by atoms with Gasteiger partial charge in [-0.3, -0.25) is 9.48 Å². The predicted octanol–water partition coefficient (Wildman–Crippen LogP) is 3.98. The molecule has 6 nitrogen and oxygen atoms in total. The van der Waals surface area contributed by atoms with E-state index in [-0.39, 0.29) is 18.4 Å². The van der Waals surface area contributed by atoms with Gasteiger partial charge in [0.2, 0.25) is 0 Å². The fourth-order valence-corrected chi connectivity index (χ4v) is 3.49. The highest BCUT2D eigenvalue weighted by Crippen LogP contribution is 2.30. The van der Waals surface area contributed by atoms with Gasteiger partial charge in [0.15, 0.2) is 0 Å². The fourth-order valence-electron chi connectivity index (χ4n) is 3.49. The lowest BCUT2D eigenvalue weighted by molar-refractivity contribution is -0.144. The molecule has 2 aromatic heterocycles. The molecule has 1 fully saturated rings. The maximum Gasteiger partial charge on any atom is 0.433 e. The average molecular weight is 409 g/mol. The van der Waals surface area contributed by atoms with Gasteiger partial charge in [-0.05, 0) is 50.3 Å². The van der Waals surface area contributed by atoms with Crippen molar-refractivity contribution in [2.24, 2.45) is 5.92 Å². The molecule has 29 heavy (non-hydrogen) atoms. The first kappa shape index (κ1) is 21.1. The quantitative estimate of drug-likeness (QED) is 0.784. The number of nitrogens with one attached hydrogen (secondary N) is 1. The number of amides is 1. The van der Waals surface area contributed by atoms with Crippen LogP contribution in [0.5, 0.6) is 0 Å². The SMILES string of the molecule is Cc1cc(C(F)(F)F)n(CC(C)CNc2cc(C(=O)N3CCCCC3)ccn2)n1. The van der Waals surface area contributed by atoms with Crippen molar-refractivity contribution in [1.82, 2.24) is 19.7 Å². The van der Waals surface area contributed by atoms with E-state index in [0.717, 1.165) is 43.1 Å². The van der Waals surface area contributed by atoms with Gasteiger partial charge in [0, 0.05) is 37.9 Å². The van der Waals surface area contributed by atoms with E-state index < -0.39 is 11.9 Å². The van der Waals surface area contributed by atoms with Crippen LogP contribution in [0.1, 0.15) is 47.9 Å². The van der Waals surface area contributed by atoms with E-state index >= 15 is 0 Å². The highest BCUT2D eigenvalue weighted by atomic mass is 19.4. The maximum atomic E-state index is 13.1. The number of carbonyl (C=O) groups is 1. The zero-order valence-corrected chi connectivity index (χ0v) is 16.7. The topological polar surface area (TPSA) is 63.1 Å². The Morgan fingerprint density at radius 2 is 1.97 bits per heavy atom. The molecule has 1 aliphatic rings. The molecular weight excluding hydrogens is 383 g/mol. The Balaban J connectivity index is 1.59. The first-order valence-electron chi connectivity index (χ1n) is 9.85. The average Bonchev–Trinajstić information content (AvgIpc) is 3.07. The Bertz CT molecular complexity index is 843. The summed E-state index contributed by atoms with van der Waals surface area (Å²) in [4.78, 5) is 18.7. The van der Waals surface area contributed by atoms with Crippen LogP contribution in [0.4, 0.5) is 19.0 Å². The molecule has 1 saturated heterocycles. The second kappa shape index (κ2) is 8.84. The number of halogens is 3. The third-order valence-corrected chi connectivity index (χ3v) is 4.96. The van der Waals surface area contributed by atoms with E-state index in [1.54, 1.807) is 25.3 Å². The Morgan fingerprint density at radius 1 is 1.24 bits per heavy atom. The molecule has 0 radical (unpaired) electrons. The molecule has 1 unspecified atom stereocenters. The summed E-state index contributed by atoms with van der Waals surface area (Å²) >= 11 is 0. The number of alkyl halides is 3. The van der Waals surface area contributed by atoms with Gasteiger partial charge in [-0.25, -0.2) is 4.98 Å². The fraction of sp³-hybridized carbons (Fsp3) is 0.550. The second-order valence-electron chi connectivity index (χ2n) is 7.62. The van der Waals surface area contributed by atoms with Crippen LogP contribution in [-0.2, 0) is 12.7 Å². The van der Waals surface area contributed by atoms with Crippen molar-refractivity contribution in [1.29, 1.82) is 0 Å². The number of rotatable bonds is 6. The van der Waals surface area contributed by atoms with E-state index in [2.05, 4.69) is 15.4 Å². The Labute approximate surface area is 168 Å². The lowest BCUT2D eigenvalue weighted by atomic mass is 10.1. The zero-order valence-electron chi connectivity index (χ0n) is 16.7. The van der Waals surface area contributed by atoms with Crippen molar-refractivity contribution < 1.29 is 18.0 Å². The summed E-state index contributed by atoms with van der Waals surface area (Å²) in [7, 11) is 0. The smallest absolute Gasteiger partial charge is 0.370 e. The molecule has 9 heteroatoms. The molecule has 3 rings (SSSR count). The van der Waals surface area contributed by atoms with E-state index in [9.17, 15) is 18.0 Å². The van der Waals surface area contributed by atoms with Gasteiger partial charge in [-0.15, -0.1) is 0 Å². The molecule has 3 heterocycles. The number of aromatic nitrogens is 3. The van der Waals surface area contributed by atoms with E-state index in [0.29, 0.717) is 23.6 Å². The number of nitrogens with zero attached hydrogens (tertiary/aromatic N) is 4. The highest BCUT2D eigenvalue weighted by molar-refractivity contribution is 5.94. The van der Waals surface area contributed by atoms with Crippen LogP contribution in [0.3, 0.4) is 0 Å². The normalized spacial score (nSPS) is 16.0. The number of anilines is 1. The molecule has 1 atom stereocenters. The largest absolute Gasteiger partial charge is 0.433 e. The molecule has 0 saturated carbocycles. The van der Waals surface area contributed by atoms with E-state index in [1.165, 1.54) is 0 Å². The van der Waals surface area contributed by atoms with E-state index in [1.807, 2.05) is 11.8 Å². The van der Waals surface area contributed by atoms with Crippen molar-refractivity contribution in [2.75, 3.05) is 25.0 Å². The van der Waals surface area contributed by atoms with Crippen LogP contribution < -0.4 is 5.32 Å². The lowest BCUT2D eigenvalue weighted by Gasteiger charge is -2.26. The number of piperidine rings is 1. The first-order valence-corrected chi connectivity index (χ1v) is 9.85. The summed E-state index contributed by atoms with van der Waals surface area (Å²) in [5.74, 6) is 0.399. The van der Waals surface area contributed by atoms with Crippen LogP contribution in [0, 0.1) is 12.8 Å². The Hall–Kier alpha value is -2.58. The summed E-state index contributed by atoms with van der Waals surface area (Å²) in [5, 5.41) is 7.09. The Morgan fingerprint density at radius 3 is 2.66 bits per heavy atom. The van der Waals surface area contributed by atoms with Gasteiger partial charge in [0.1, 0.15) is 11.5 Å². The van der Waals surface area contributed by atoms with Gasteiger partial charge >= 0.3 is 6.18 Å². The molecule has 0 bridgehead atoms. The summed E-state index contributed by atoms with van der Waals surface area (Å²) in [6, 6.07) is 4.44. The molecule has 1 aliphatic heterocycles. The van der Waals surface area contributed by atoms with Crippen LogP contribution in [0.2, 0.25) is 0 Å². The molecule has 1 N–H and O–H groups in total. The number of aryl methyl sites for hydroxylation is 1. The van der Waals surface area contributed by atoms with Gasteiger partial charge in [-0.1, -0.05) is 6.92 Å². The van der Waals surface area contributed by atoms with Crippen LogP contribution in [-0.4, -0.2) is 45.2 Å². The van der Waals surface area contributed by atoms with Gasteiger partial charge in [0.05, 0.1) is 5.69 Å². The van der Waals surface area contributed by atoms with Crippen molar-refractivity contribution >= 4 is 11.7 Å². The minimum atomic E-state index is -4.43. The molecule has 0 spiro atoms. The Kier molecular flexibility index (Phi) is 6.44. The third kappa shape index (κ3) is 5.48. The van der Waals surface area contributed by atoms with Crippen molar-refractivity contribution in [3.8, 4) is 0 Å². The number of likely N-dealkylation sites (tertiary alicyclic amines) is 1. The second-order valence-corrected chi connectivity index (χ2v) is 7.62. The molecule has 0 aromatic carbocycles. The number of carbonyl (C=O) groups excluding carboxylic acids is 1. The monoisotopic (exact) mass is 409 g/mol. The summed E-state index contributed by atoms with van der Waals surface area (Å²) in [6.45, 7) is 5.46. The van der Waals surface area contributed by atoms with Crippen LogP contribution in [0.25, 0.3) is 0 Å². The third-order valence-electron chi connectivity index (χ3n) is 4.96. The zero-order chi connectivity index (χ0) is 21.0. The molecule has 0 aliphatic carbocycles. The van der Waals surface area contributed by atoms with Gasteiger partial charge in [-0.2, -0.15) is 18.3 Å². The maximum absolute atomic E-state index is 13.1. The summed E-state index contributed by atoms with van der Waals surface area (Å²) < 4.78 is 40.3. The number of hydrogen-bond acceptors (Lipinski definition) is 4. The summed E-state index contributed by atoms with van der Waals surface area (Å²) in [6.07, 6.45) is 0.330. The van der Waals surface area contributed by atoms with Crippen molar-refractivity contribution in [2.45, 2.75) is 45.8 Å². The standard InChI is InChI=1S/C20H26F3N5O/c1-14(13-28-17(20(21,22)23)10-15(2)26-28)12-25-18-11-16(6-7-24-18)19(29)27-8-4-3-5-9-27/h6-7,10-11,14H,3-5,8-9,12-13H2,1-2H3,(H,24,25). The van der Waals surface area contributed by atoms with Crippen LogP contribution >= 0.6 is 0 Å². The highest BCUT2D eigenvalue weighted by Gasteiger charge is 2.35. The lowest BCUT2D eigenvalue weighted by Crippen LogP contribution is -2.35. The molecule has 158 valence electrons. The number of hydrogen-bond donors (Lipinski definition) is 1. The minimum Gasteiger partial charge on any atom is -0.370 e. The minimum absolute atomic E-state index is 0.00923. The molecule has 1 amide bonds. The van der Waals surface area contributed by atoms with Gasteiger partial charge < -0.3 is 10.2 Å². The first-order chi connectivity index (χ1) is 13.7. The summed E-state index contributed by atoms with van der Waals surface area (Å²) in [5.41, 5.74) is 0.163. The number of pyridine rings is 1. The van der Waals surface area contributed by atoms with Crippen molar-refractivity contribution in [3.05, 3.63) is 41.3 Å². The molecular formula is C20H26F3N5O. The predicted molar refractivity (Wildman–Crippen MR) is 104 cm³/mol.